The number of hydrogen-bond acceptors (Lipinski definition) is 5. The standard InChI is InChI=1S/C25H34N4O5S/c1-17-22(25(31)28-13-7-4-8-14-28)23(18(2)26-17)35(32,33)29-15-11-19(12-16-29)24(30)27-20-9-5-6-10-21(20)34-3/h5-6,9-10,19,26H,4,7-8,11-16H2,1-3H3,(H,27,30). The molecular weight excluding hydrogens is 468 g/mol. The molecule has 10 heteroatoms. The number of anilines is 1. The van der Waals surface area contributed by atoms with Gasteiger partial charge in [0.25, 0.3) is 5.91 Å². The fraction of sp³-hybridized carbons (Fsp3) is 0.520. The van der Waals surface area contributed by atoms with Gasteiger partial charge in [-0.3, -0.25) is 9.59 Å². The Morgan fingerprint density at radius 3 is 2.31 bits per heavy atom. The third-order valence-electron chi connectivity index (χ3n) is 6.96. The first-order valence-electron chi connectivity index (χ1n) is 12.2. The summed E-state index contributed by atoms with van der Waals surface area (Å²) >= 11 is 0. The molecule has 2 aromatic rings. The van der Waals surface area contributed by atoms with Crippen molar-refractivity contribution in [1.29, 1.82) is 0 Å². The van der Waals surface area contributed by atoms with E-state index in [1.807, 2.05) is 12.1 Å². The first kappa shape index (κ1) is 25.2. The van der Waals surface area contributed by atoms with Gasteiger partial charge in [0.05, 0.1) is 18.4 Å². The predicted octanol–water partition coefficient (Wildman–Crippen LogP) is 3.31. The molecule has 2 aliphatic heterocycles. The number of hydrogen-bond donors (Lipinski definition) is 2. The second-order valence-electron chi connectivity index (χ2n) is 9.30. The summed E-state index contributed by atoms with van der Waals surface area (Å²) in [6.07, 6.45) is 3.75. The minimum absolute atomic E-state index is 0.0718. The smallest absolute Gasteiger partial charge is 0.257 e. The zero-order valence-corrected chi connectivity index (χ0v) is 21.4. The van der Waals surface area contributed by atoms with Crippen molar-refractivity contribution < 1.29 is 22.7 Å². The SMILES string of the molecule is COc1ccccc1NC(=O)C1CCN(S(=O)(=O)c2c(C)[nH]c(C)c2C(=O)N2CCCCC2)CC1. The highest BCUT2D eigenvalue weighted by Gasteiger charge is 2.38. The number of aromatic nitrogens is 1. The molecule has 0 radical (unpaired) electrons. The molecule has 4 rings (SSSR count). The van der Waals surface area contributed by atoms with Crippen LogP contribution in [0.15, 0.2) is 29.2 Å². The number of piperidine rings is 2. The van der Waals surface area contributed by atoms with Crippen molar-refractivity contribution >= 4 is 27.5 Å². The predicted molar refractivity (Wildman–Crippen MR) is 133 cm³/mol. The van der Waals surface area contributed by atoms with E-state index in [1.54, 1.807) is 38.0 Å². The molecule has 3 heterocycles. The van der Waals surface area contributed by atoms with E-state index < -0.39 is 10.0 Å². The molecule has 2 saturated heterocycles. The van der Waals surface area contributed by atoms with Gasteiger partial charge in [-0.1, -0.05) is 12.1 Å². The molecule has 0 bridgehead atoms. The van der Waals surface area contributed by atoms with Crippen LogP contribution in [-0.2, 0) is 14.8 Å². The fourth-order valence-corrected chi connectivity index (χ4v) is 6.95. The third-order valence-corrected chi connectivity index (χ3v) is 9.03. The highest BCUT2D eigenvalue weighted by molar-refractivity contribution is 7.89. The van der Waals surface area contributed by atoms with Crippen LogP contribution in [0.4, 0.5) is 5.69 Å². The second-order valence-corrected chi connectivity index (χ2v) is 11.2. The number of aromatic amines is 1. The third kappa shape index (κ3) is 5.08. The van der Waals surface area contributed by atoms with E-state index in [2.05, 4.69) is 10.3 Å². The zero-order chi connectivity index (χ0) is 25.2. The molecule has 0 spiro atoms. The first-order valence-corrected chi connectivity index (χ1v) is 13.6. The zero-order valence-electron chi connectivity index (χ0n) is 20.6. The molecule has 2 N–H and O–H groups in total. The summed E-state index contributed by atoms with van der Waals surface area (Å²) in [6, 6.07) is 7.19. The Morgan fingerprint density at radius 2 is 1.66 bits per heavy atom. The van der Waals surface area contributed by atoms with Gasteiger partial charge in [-0.05, 0) is 58.1 Å². The van der Waals surface area contributed by atoms with Gasteiger partial charge in [-0.2, -0.15) is 4.31 Å². The van der Waals surface area contributed by atoms with Gasteiger partial charge >= 0.3 is 0 Å². The molecule has 0 atom stereocenters. The molecule has 0 unspecified atom stereocenters. The lowest BCUT2D eigenvalue weighted by Gasteiger charge is -2.31. The largest absolute Gasteiger partial charge is 0.495 e. The summed E-state index contributed by atoms with van der Waals surface area (Å²) in [6.45, 7) is 5.17. The van der Waals surface area contributed by atoms with Crippen LogP contribution in [0.3, 0.4) is 0 Å². The number of benzene rings is 1. The Hall–Kier alpha value is -2.85. The van der Waals surface area contributed by atoms with Crippen LogP contribution in [0.25, 0.3) is 0 Å². The van der Waals surface area contributed by atoms with E-state index in [0.717, 1.165) is 19.3 Å². The normalized spacial score (nSPS) is 17.9. The van der Waals surface area contributed by atoms with Gasteiger partial charge in [0.1, 0.15) is 10.6 Å². The Labute approximate surface area is 206 Å². The second kappa shape index (κ2) is 10.4. The summed E-state index contributed by atoms with van der Waals surface area (Å²) in [7, 11) is -2.36. The van der Waals surface area contributed by atoms with Gasteiger partial charge in [-0.15, -0.1) is 0 Å². The molecule has 0 aliphatic carbocycles. The molecular formula is C25H34N4O5S. The van der Waals surface area contributed by atoms with Gasteiger partial charge < -0.3 is 19.9 Å². The number of rotatable bonds is 6. The average molecular weight is 503 g/mol. The molecule has 190 valence electrons. The van der Waals surface area contributed by atoms with Crippen LogP contribution in [0.1, 0.15) is 53.8 Å². The van der Waals surface area contributed by atoms with Crippen LogP contribution in [-0.4, -0.2) is 67.7 Å². The number of carbonyl (C=O) groups excluding carboxylic acids is 2. The van der Waals surface area contributed by atoms with Crippen molar-refractivity contribution in [1.82, 2.24) is 14.2 Å². The number of methoxy groups -OCH3 is 1. The number of amides is 2. The van der Waals surface area contributed by atoms with E-state index in [1.165, 1.54) is 4.31 Å². The van der Waals surface area contributed by atoms with Crippen molar-refractivity contribution in [3.63, 3.8) is 0 Å². The van der Waals surface area contributed by atoms with E-state index >= 15 is 0 Å². The van der Waals surface area contributed by atoms with Crippen molar-refractivity contribution in [2.75, 3.05) is 38.6 Å². The molecule has 9 nitrogen and oxygen atoms in total. The molecule has 1 aromatic carbocycles. The van der Waals surface area contributed by atoms with E-state index in [0.29, 0.717) is 48.8 Å². The van der Waals surface area contributed by atoms with E-state index in [4.69, 9.17) is 4.74 Å². The minimum Gasteiger partial charge on any atom is -0.495 e. The number of nitrogens with zero attached hydrogens (tertiary/aromatic N) is 2. The van der Waals surface area contributed by atoms with E-state index in [9.17, 15) is 18.0 Å². The monoisotopic (exact) mass is 502 g/mol. The topological polar surface area (TPSA) is 112 Å². The average Bonchev–Trinajstić information content (AvgIpc) is 3.18. The highest BCUT2D eigenvalue weighted by atomic mass is 32.2. The molecule has 2 aliphatic rings. The van der Waals surface area contributed by atoms with Crippen LogP contribution in [0, 0.1) is 19.8 Å². The van der Waals surface area contributed by atoms with Crippen molar-refractivity contribution in [3.05, 3.63) is 41.2 Å². The lowest BCUT2D eigenvalue weighted by molar-refractivity contribution is -0.120. The van der Waals surface area contributed by atoms with E-state index in [-0.39, 0.29) is 41.3 Å². The Bertz CT molecular complexity index is 1190. The number of H-pyrrole nitrogens is 1. The van der Waals surface area contributed by atoms with Crippen molar-refractivity contribution in [2.24, 2.45) is 5.92 Å². The summed E-state index contributed by atoms with van der Waals surface area (Å²) < 4.78 is 34.1. The van der Waals surface area contributed by atoms with Gasteiger partial charge in [0.15, 0.2) is 0 Å². The summed E-state index contributed by atoms with van der Waals surface area (Å²) in [4.78, 5) is 31.1. The number of para-hydroxylation sites is 2. The number of likely N-dealkylation sites (tertiary alicyclic amines) is 1. The van der Waals surface area contributed by atoms with Gasteiger partial charge in [0, 0.05) is 43.5 Å². The molecule has 2 fully saturated rings. The number of aryl methyl sites for hydroxylation is 2. The number of sulfonamides is 1. The maximum atomic E-state index is 13.7. The van der Waals surface area contributed by atoms with Gasteiger partial charge in [-0.25, -0.2) is 8.42 Å². The van der Waals surface area contributed by atoms with Crippen LogP contribution in [0.2, 0.25) is 0 Å². The van der Waals surface area contributed by atoms with Crippen molar-refractivity contribution in [3.8, 4) is 5.75 Å². The number of ether oxygens (including phenoxy) is 1. The minimum atomic E-state index is -3.90. The Morgan fingerprint density at radius 1 is 1.00 bits per heavy atom. The maximum absolute atomic E-state index is 13.7. The highest BCUT2D eigenvalue weighted by Crippen LogP contribution is 2.32. The molecule has 35 heavy (non-hydrogen) atoms. The first-order chi connectivity index (χ1) is 16.7. The summed E-state index contributed by atoms with van der Waals surface area (Å²) in [5.74, 6) is -0.114. The lowest BCUT2D eigenvalue weighted by atomic mass is 9.97. The van der Waals surface area contributed by atoms with Gasteiger partial charge in [0.2, 0.25) is 15.9 Å². The van der Waals surface area contributed by atoms with Crippen LogP contribution < -0.4 is 10.1 Å². The lowest BCUT2D eigenvalue weighted by Crippen LogP contribution is -2.42. The molecule has 2 amide bonds. The van der Waals surface area contributed by atoms with Crippen LogP contribution in [0.5, 0.6) is 5.75 Å². The summed E-state index contributed by atoms with van der Waals surface area (Å²) in [5.41, 5.74) is 1.89. The number of carbonyl (C=O) groups is 2. The fourth-order valence-electron chi connectivity index (χ4n) is 5.06. The molecule has 0 saturated carbocycles. The van der Waals surface area contributed by atoms with Crippen LogP contribution >= 0.6 is 0 Å². The quantitative estimate of drug-likeness (QED) is 0.630. The summed E-state index contributed by atoms with van der Waals surface area (Å²) in [5, 5.41) is 2.90. The number of nitrogens with one attached hydrogen (secondary N) is 2. The molecule has 1 aromatic heterocycles. The van der Waals surface area contributed by atoms with Crippen molar-refractivity contribution in [2.45, 2.75) is 50.8 Å². The Kier molecular flexibility index (Phi) is 7.51. The maximum Gasteiger partial charge on any atom is 0.257 e. The Balaban J connectivity index is 1.48.